The number of aromatic amines is 1. The van der Waals surface area contributed by atoms with E-state index in [0.717, 1.165) is 54.2 Å². The minimum atomic E-state index is -0.343. The van der Waals surface area contributed by atoms with Gasteiger partial charge in [0.05, 0.1) is 31.0 Å². The van der Waals surface area contributed by atoms with Gasteiger partial charge in [-0.05, 0) is 44.0 Å². The summed E-state index contributed by atoms with van der Waals surface area (Å²) in [5, 5.41) is 17.4. The molecular formula is C26H30N8O3. The van der Waals surface area contributed by atoms with Crippen LogP contribution in [0.3, 0.4) is 0 Å². The number of carbonyl (C=O) groups excluding carboxylic acids is 1. The van der Waals surface area contributed by atoms with E-state index in [1.54, 1.807) is 17.2 Å². The highest BCUT2D eigenvalue weighted by Gasteiger charge is 2.26. The monoisotopic (exact) mass is 502 g/mol. The summed E-state index contributed by atoms with van der Waals surface area (Å²) in [6, 6.07) is 13.2. The highest BCUT2D eigenvalue weighted by Crippen LogP contribution is 2.33. The summed E-state index contributed by atoms with van der Waals surface area (Å²) in [4.78, 5) is 25.2. The second-order valence-corrected chi connectivity index (χ2v) is 9.38. The van der Waals surface area contributed by atoms with Crippen LogP contribution in [0.25, 0.3) is 16.8 Å². The molecule has 2 saturated heterocycles. The summed E-state index contributed by atoms with van der Waals surface area (Å²) in [6.07, 6.45) is 3.75. The van der Waals surface area contributed by atoms with E-state index in [2.05, 4.69) is 26.5 Å². The van der Waals surface area contributed by atoms with E-state index in [0.29, 0.717) is 37.8 Å². The fourth-order valence-electron chi connectivity index (χ4n) is 4.99. The summed E-state index contributed by atoms with van der Waals surface area (Å²) in [6.45, 7) is 6.13. The van der Waals surface area contributed by atoms with Gasteiger partial charge in [-0.25, -0.2) is 4.79 Å². The van der Waals surface area contributed by atoms with Crippen molar-refractivity contribution in [3.8, 4) is 11.1 Å². The van der Waals surface area contributed by atoms with Crippen LogP contribution in [0, 0.1) is 6.92 Å². The van der Waals surface area contributed by atoms with Gasteiger partial charge in [0, 0.05) is 43.0 Å². The van der Waals surface area contributed by atoms with Crippen molar-refractivity contribution in [3.63, 3.8) is 0 Å². The van der Waals surface area contributed by atoms with Crippen LogP contribution in [0.5, 0.6) is 0 Å². The Kier molecular flexibility index (Phi) is 6.46. The number of aromatic nitrogens is 5. The fraction of sp³-hybridized carbons (Fsp3) is 0.385. The van der Waals surface area contributed by atoms with Crippen LogP contribution in [-0.4, -0.2) is 81.3 Å². The van der Waals surface area contributed by atoms with Crippen molar-refractivity contribution in [1.29, 1.82) is 0 Å². The van der Waals surface area contributed by atoms with Crippen LogP contribution >= 0.6 is 0 Å². The average molecular weight is 503 g/mol. The van der Waals surface area contributed by atoms with Gasteiger partial charge in [0.2, 0.25) is 5.95 Å². The lowest BCUT2D eigenvalue weighted by Crippen LogP contribution is -2.43. The van der Waals surface area contributed by atoms with Crippen molar-refractivity contribution < 1.29 is 14.4 Å². The number of ether oxygens (including phenoxy) is 1. The first kappa shape index (κ1) is 23.4. The van der Waals surface area contributed by atoms with E-state index in [9.17, 15) is 4.79 Å². The summed E-state index contributed by atoms with van der Waals surface area (Å²) < 4.78 is 7.51. The van der Waals surface area contributed by atoms with E-state index in [1.807, 2.05) is 41.9 Å². The zero-order valence-electron chi connectivity index (χ0n) is 20.8. The van der Waals surface area contributed by atoms with Crippen molar-refractivity contribution in [3.05, 3.63) is 59.9 Å². The molecule has 0 aliphatic carbocycles. The SMILES string of the molecule is Cc1n[nH]cc1-c1ccc2nc(NC3CCCN(OC(=O)c4ccccc4)C3)nn2c1N1CCOCC1. The van der Waals surface area contributed by atoms with Crippen LogP contribution in [0.4, 0.5) is 11.8 Å². The van der Waals surface area contributed by atoms with Crippen molar-refractivity contribution in [2.24, 2.45) is 0 Å². The van der Waals surface area contributed by atoms with Gasteiger partial charge >= 0.3 is 5.97 Å². The summed E-state index contributed by atoms with van der Waals surface area (Å²) in [5.41, 5.74) is 4.32. The molecule has 6 rings (SSSR count). The van der Waals surface area contributed by atoms with Crippen LogP contribution in [0.15, 0.2) is 48.7 Å². The highest BCUT2D eigenvalue weighted by atomic mass is 16.7. The number of nitrogens with zero attached hydrogens (tertiary/aromatic N) is 6. The molecule has 2 aliphatic rings. The third-order valence-electron chi connectivity index (χ3n) is 6.84. The Hall–Kier alpha value is -3.96. The van der Waals surface area contributed by atoms with Crippen LogP contribution in [0.2, 0.25) is 0 Å². The number of benzene rings is 1. The molecule has 1 atom stereocenters. The molecule has 11 heteroatoms. The number of piperidine rings is 1. The molecule has 192 valence electrons. The molecule has 0 amide bonds. The van der Waals surface area contributed by atoms with E-state index in [4.69, 9.17) is 19.7 Å². The molecule has 2 fully saturated rings. The van der Waals surface area contributed by atoms with Crippen molar-refractivity contribution in [2.45, 2.75) is 25.8 Å². The van der Waals surface area contributed by atoms with Gasteiger partial charge in [0.1, 0.15) is 5.82 Å². The second-order valence-electron chi connectivity index (χ2n) is 9.38. The van der Waals surface area contributed by atoms with Gasteiger partial charge in [0.25, 0.3) is 0 Å². The number of hydrogen-bond donors (Lipinski definition) is 2. The Labute approximate surface area is 214 Å². The van der Waals surface area contributed by atoms with E-state index in [-0.39, 0.29) is 12.0 Å². The number of fused-ring (bicyclic) bond motifs is 1. The Balaban J connectivity index is 1.24. The molecule has 1 unspecified atom stereocenters. The molecule has 2 aliphatic heterocycles. The first-order valence-corrected chi connectivity index (χ1v) is 12.7. The second kappa shape index (κ2) is 10.2. The lowest BCUT2D eigenvalue weighted by Gasteiger charge is -2.31. The number of H-pyrrole nitrogens is 1. The molecule has 0 saturated carbocycles. The van der Waals surface area contributed by atoms with Crippen molar-refractivity contribution >= 4 is 23.4 Å². The quantitative estimate of drug-likeness (QED) is 0.411. The highest BCUT2D eigenvalue weighted by molar-refractivity contribution is 5.89. The Morgan fingerprint density at radius 2 is 1.95 bits per heavy atom. The van der Waals surface area contributed by atoms with Gasteiger partial charge in [-0.15, -0.1) is 10.2 Å². The van der Waals surface area contributed by atoms with Crippen LogP contribution < -0.4 is 10.2 Å². The fourth-order valence-corrected chi connectivity index (χ4v) is 4.99. The molecule has 4 aromatic rings. The number of aryl methyl sites for hydroxylation is 1. The zero-order valence-corrected chi connectivity index (χ0v) is 20.8. The third kappa shape index (κ3) is 4.87. The number of morpholine rings is 1. The molecule has 11 nitrogen and oxygen atoms in total. The van der Waals surface area contributed by atoms with Crippen LogP contribution in [-0.2, 0) is 9.57 Å². The Morgan fingerprint density at radius 3 is 2.73 bits per heavy atom. The minimum Gasteiger partial charge on any atom is -0.378 e. The first-order chi connectivity index (χ1) is 18.2. The zero-order chi connectivity index (χ0) is 25.2. The first-order valence-electron chi connectivity index (χ1n) is 12.7. The van der Waals surface area contributed by atoms with Gasteiger partial charge in [-0.2, -0.15) is 14.6 Å². The number of rotatable bonds is 6. The molecular weight excluding hydrogens is 472 g/mol. The topological polar surface area (TPSA) is 113 Å². The number of hydrogen-bond acceptors (Lipinski definition) is 9. The lowest BCUT2D eigenvalue weighted by molar-refractivity contribution is -0.121. The van der Waals surface area contributed by atoms with E-state index >= 15 is 0 Å². The third-order valence-corrected chi connectivity index (χ3v) is 6.84. The largest absolute Gasteiger partial charge is 0.378 e. The molecule has 3 aromatic heterocycles. The van der Waals surface area contributed by atoms with Gasteiger partial charge in [-0.3, -0.25) is 5.10 Å². The normalized spacial score (nSPS) is 18.7. The standard InChI is InChI=1S/C26H30N8O3/c1-18-22(16-27-30-18)21-9-10-23-29-26(31-34(23)24(21)32-12-14-36-15-13-32)28-20-8-5-11-33(17-20)37-25(35)19-6-3-2-4-7-19/h2-4,6-7,9-10,16,20H,5,8,11-15,17H2,1H3,(H,27,30)(H,28,31). The van der Waals surface area contributed by atoms with Gasteiger partial charge in [-0.1, -0.05) is 18.2 Å². The van der Waals surface area contributed by atoms with Crippen molar-refractivity contribution in [2.75, 3.05) is 49.6 Å². The number of carbonyl (C=O) groups is 1. The molecule has 0 radical (unpaired) electrons. The predicted octanol–water partition coefficient (Wildman–Crippen LogP) is 2.91. The predicted molar refractivity (Wildman–Crippen MR) is 138 cm³/mol. The Bertz CT molecular complexity index is 1380. The smallest absolute Gasteiger partial charge is 0.357 e. The van der Waals surface area contributed by atoms with E-state index in [1.165, 1.54) is 0 Å². The maximum Gasteiger partial charge on any atom is 0.357 e. The summed E-state index contributed by atoms with van der Waals surface area (Å²) in [7, 11) is 0. The maximum atomic E-state index is 12.5. The van der Waals surface area contributed by atoms with Gasteiger partial charge < -0.3 is 19.8 Å². The maximum absolute atomic E-state index is 12.5. The molecule has 1 aromatic carbocycles. The molecule has 0 spiro atoms. The number of anilines is 2. The summed E-state index contributed by atoms with van der Waals surface area (Å²) >= 11 is 0. The average Bonchev–Trinajstić information content (AvgIpc) is 3.54. The van der Waals surface area contributed by atoms with Crippen LogP contribution in [0.1, 0.15) is 28.9 Å². The van der Waals surface area contributed by atoms with Crippen molar-refractivity contribution in [1.82, 2.24) is 29.9 Å². The van der Waals surface area contributed by atoms with E-state index < -0.39 is 0 Å². The number of hydroxylamine groups is 2. The summed E-state index contributed by atoms with van der Waals surface area (Å²) in [5.74, 6) is 1.19. The molecule has 0 bridgehead atoms. The lowest BCUT2D eigenvalue weighted by atomic mass is 10.1. The van der Waals surface area contributed by atoms with Gasteiger partial charge in [0.15, 0.2) is 5.65 Å². The molecule has 37 heavy (non-hydrogen) atoms. The number of pyridine rings is 1. The molecule has 2 N–H and O–H groups in total. The minimum absolute atomic E-state index is 0.0529. The number of nitrogens with one attached hydrogen (secondary N) is 2. The molecule has 5 heterocycles. The Morgan fingerprint density at radius 1 is 1.11 bits per heavy atom.